The lowest BCUT2D eigenvalue weighted by Gasteiger charge is -2.03. The molecule has 1 atom stereocenters. The van der Waals surface area contributed by atoms with Crippen LogP contribution in [0.4, 0.5) is 0 Å². The smallest absolute Gasteiger partial charge is 0.0888 e. The summed E-state index contributed by atoms with van der Waals surface area (Å²) < 4.78 is 5.30. The lowest BCUT2D eigenvalue weighted by Crippen LogP contribution is -2.02. The van der Waals surface area contributed by atoms with Crippen molar-refractivity contribution in [1.82, 2.24) is 0 Å². The molecule has 0 aromatic carbocycles. The van der Waals surface area contributed by atoms with Crippen LogP contribution in [0, 0.1) is 0 Å². The standard InChI is InChI=1S/C10H20O/c1-3-4-5-6-7-8-10(2)9-11-10/h3-9H2,1-2H3/t10-/m0/s1. The fraction of sp³-hybridized carbons (Fsp3) is 1.00. The summed E-state index contributed by atoms with van der Waals surface area (Å²) in [6.07, 6.45) is 8.18. The van der Waals surface area contributed by atoms with E-state index in [1.807, 2.05) is 0 Å². The molecule has 1 saturated heterocycles. The highest BCUT2D eigenvalue weighted by Crippen LogP contribution is 2.31. The van der Waals surface area contributed by atoms with Gasteiger partial charge in [0, 0.05) is 0 Å². The highest BCUT2D eigenvalue weighted by molar-refractivity contribution is 4.86. The third kappa shape index (κ3) is 3.76. The predicted octanol–water partition coefficient (Wildman–Crippen LogP) is 3.14. The fourth-order valence-corrected chi connectivity index (χ4v) is 1.37. The number of unbranched alkanes of at least 4 members (excludes halogenated alkanes) is 4. The van der Waals surface area contributed by atoms with E-state index in [9.17, 15) is 0 Å². The second kappa shape index (κ2) is 4.10. The molecule has 66 valence electrons. The second-order valence-electron chi connectivity index (χ2n) is 3.90. The summed E-state index contributed by atoms with van der Waals surface area (Å²) in [6, 6.07) is 0. The molecule has 0 aromatic heterocycles. The van der Waals surface area contributed by atoms with Crippen LogP contribution in [0.15, 0.2) is 0 Å². The lowest BCUT2D eigenvalue weighted by molar-refractivity contribution is 0.301. The van der Waals surface area contributed by atoms with Gasteiger partial charge in [-0.1, -0.05) is 39.0 Å². The molecule has 1 heterocycles. The van der Waals surface area contributed by atoms with E-state index in [-0.39, 0.29) is 0 Å². The molecule has 1 fully saturated rings. The van der Waals surface area contributed by atoms with Gasteiger partial charge in [-0.2, -0.15) is 0 Å². The van der Waals surface area contributed by atoms with Gasteiger partial charge in [0.25, 0.3) is 0 Å². The SMILES string of the molecule is CCCCCCC[C@@]1(C)CO1. The molecule has 0 bridgehead atoms. The first-order valence-electron chi connectivity index (χ1n) is 4.91. The topological polar surface area (TPSA) is 12.5 Å². The molecule has 0 aliphatic carbocycles. The third-order valence-corrected chi connectivity index (χ3v) is 2.45. The summed E-state index contributed by atoms with van der Waals surface area (Å²) in [5.74, 6) is 0. The van der Waals surface area contributed by atoms with Crippen LogP contribution in [0.1, 0.15) is 52.4 Å². The van der Waals surface area contributed by atoms with Crippen molar-refractivity contribution >= 4 is 0 Å². The van der Waals surface area contributed by atoms with Crippen LogP contribution in [0.2, 0.25) is 0 Å². The highest BCUT2D eigenvalue weighted by atomic mass is 16.6. The minimum Gasteiger partial charge on any atom is -0.370 e. The average Bonchev–Trinajstić information content (AvgIpc) is 2.69. The molecule has 0 N–H and O–H groups in total. The van der Waals surface area contributed by atoms with Gasteiger partial charge in [0.15, 0.2) is 0 Å². The number of hydrogen-bond acceptors (Lipinski definition) is 1. The minimum atomic E-state index is 0.298. The molecule has 0 amide bonds. The first-order valence-corrected chi connectivity index (χ1v) is 4.91. The van der Waals surface area contributed by atoms with Gasteiger partial charge in [-0.25, -0.2) is 0 Å². The normalized spacial score (nSPS) is 28.9. The van der Waals surface area contributed by atoms with E-state index in [1.165, 1.54) is 38.5 Å². The Labute approximate surface area is 70.1 Å². The molecule has 0 saturated carbocycles. The van der Waals surface area contributed by atoms with E-state index in [0.29, 0.717) is 5.60 Å². The van der Waals surface area contributed by atoms with Crippen molar-refractivity contribution in [2.75, 3.05) is 6.61 Å². The number of ether oxygens (including phenoxy) is 1. The number of hydrogen-bond donors (Lipinski definition) is 0. The molecule has 1 nitrogen and oxygen atoms in total. The predicted molar refractivity (Wildman–Crippen MR) is 47.7 cm³/mol. The Morgan fingerprint density at radius 2 is 1.82 bits per heavy atom. The van der Waals surface area contributed by atoms with Crippen LogP contribution < -0.4 is 0 Å². The zero-order valence-corrected chi connectivity index (χ0v) is 7.86. The maximum Gasteiger partial charge on any atom is 0.0888 e. The Morgan fingerprint density at radius 1 is 1.18 bits per heavy atom. The molecular weight excluding hydrogens is 136 g/mol. The first kappa shape index (κ1) is 9.05. The summed E-state index contributed by atoms with van der Waals surface area (Å²) in [6.45, 7) is 5.47. The fourth-order valence-electron chi connectivity index (χ4n) is 1.37. The molecule has 1 aliphatic rings. The molecule has 1 rings (SSSR count). The van der Waals surface area contributed by atoms with Crippen molar-refractivity contribution in [2.45, 2.75) is 58.0 Å². The van der Waals surface area contributed by atoms with Crippen LogP contribution in [0.3, 0.4) is 0 Å². The molecule has 1 aliphatic heterocycles. The van der Waals surface area contributed by atoms with Gasteiger partial charge >= 0.3 is 0 Å². The molecule has 0 unspecified atom stereocenters. The molecule has 11 heavy (non-hydrogen) atoms. The van der Waals surface area contributed by atoms with Gasteiger partial charge in [0.1, 0.15) is 0 Å². The number of epoxide rings is 1. The van der Waals surface area contributed by atoms with Crippen LogP contribution in [0.25, 0.3) is 0 Å². The number of rotatable bonds is 6. The maximum absolute atomic E-state index is 5.30. The molecule has 0 aromatic rings. The quantitative estimate of drug-likeness (QED) is 0.425. The highest BCUT2D eigenvalue weighted by Gasteiger charge is 2.37. The Morgan fingerprint density at radius 3 is 2.36 bits per heavy atom. The summed E-state index contributed by atoms with van der Waals surface area (Å²) >= 11 is 0. The Bertz CT molecular complexity index is 105. The van der Waals surface area contributed by atoms with Gasteiger partial charge in [0.2, 0.25) is 0 Å². The Hall–Kier alpha value is -0.0400. The van der Waals surface area contributed by atoms with E-state index in [4.69, 9.17) is 4.74 Å². The lowest BCUT2D eigenvalue weighted by atomic mass is 10.0. The molecular formula is C10H20O. The van der Waals surface area contributed by atoms with Crippen molar-refractivity contribution < 1.29 is 4.74 Å². The monoisotopic (exact) mass is 156 g/mol. The van der Waals surface area contributed by atoms with Gasteiger partial charge in [0.05, 0.1) is 12.2 Å². The van der Waals surface area contributed by atoms with Crippen molar-refractivity contribution in [3.8, 4) is 0 Å². The Balaban J connectivity index is 1.81. The average molecular weight is 156 g/mol. The van der Waals surface area contributed by atoms with E-state index < -0.39 is 0 Å². The molecule has 1 heteroatoms. The van der Waals surface area contributed by atoms with Gasteiger partial charge in [-0.3, -0.25) is 0 Å². The summed E-state index contributed by atoms with van der Waals surface area (Å²) in [7, 11) is 0. The van der Waals surface area contributed by atoms with Crippen molar-refractivity contribution in [1.29, 1.82) is 0 Å². The minimum absolute atomic E-state index is 0.298. The molecule has 0 spiro atoms. The molecule has 0 radical (unpaired) electrons. The summed E-state index contributed by atoms with van der Waals surface area (Å²) in [4.78, 5) is 0. The zero-order chi connectivity index (χ0) is 8.16. The summed E-state index contributed by atoms with van der Waals surface area (Å²) in [5, 5.41) is 0. The van der Waals surface area contributed by atoms with Crippen molar-refractivity contribution in [3.63, 3.8) is 0 Å². The van der Waals surface area contributed by atoms with Crippen LogP contribution in [0.5, 0.6) is 0 Å². The Kier molecular flexibility index (Phi) is 3.38. The van der Waals surface area contributed by atoms with Gasteiger partial charge in [-0.15, -0.1) is 0 Å². The summed E-state index contributed by atoms with van der Waals surface area (Å²) in [5.41, 5.74) is 0.298. The first-order chi connectivity index (χ1) is 5.27. The van der Waals surface area contributed by atoms with Crippen molar-refractivity contribution in [3.05, 3.63) is 0 Å². The van der Waals surface area contributed by atoms with E-state index >= 15 is 0 Å². The van der Waals surface area contributed by atoms with Crippen LogP contribution in [-0.2, 0) is 4.74 Å². The van der Waals surface area contributed by atoms with Gasteiger partial charge in [-0.05, 0) is 13.3 Å². The van der Waals surface area contributed by atoms with Crippen LogP contribution >= 0.6 is 0 Å². The van der Waals surface area contributed by atoms with E-state index in [2.05, 4.69) is 13.8 Å². The van der Waals surface area contributed by atoms with E-state index in [1.54, 1.807) is 0 Å². The van der Waals surface area contributed by atoms with Crippen LogP contribution in [-0.4, -0.2) is 12.2 Å². The van der Waals surface area contributed by atoms with Crippen molar-refractivity contribution in [2.24, 2.45) is 0 Å². The van der Waals surface area contributed by atoms with E-state index in [0.717, 1.165) is 6.61 Å². The third-order valence-electron chi connectivity index (χ3n) is 2.45. The second-order valence-corrected chi connectivity index (χ2v) is 3.90. The van der Waals surface area contributed by atoms with Gasteiger partial charge < -0.3 is 4.74 Å². The largest absolute Gasteiger partial charge is 0.370 e. The maximum atomic E-state index is 5.30. The zero-order valence-electron chi connectivity index (χ0n) is 7.86.